The summed E-state index contributed by atoms with van der Waals surface area (Å²) < 4.78 is 2.10. The molecule has 3 nitrogen and oxygen atoms in total. The number of nitrogens with zero attached hydrogens (tertiary/aromatic N) is 3. The molecular formula is C19H15N3. The first-order chi connectivity index (χ1) is 10.9. The van der Waals surface area contributed by atoms with Gasteiger partial charge in [-0.05, 0) is 36.4 Å². The number of anilines is 3. The first kappa shape index (κ1) is 12.7. The standard InChI is InChI=1S/C19H15N3/c1-3-9-16(10-4-1)22(17-11-5-2-6-12-17)19-15-20-18-13-7-8-14-21(18)19/h1-15H. The number of imidazole rings is 1. The van der Waals surface area contributed by atoms with Gasteiger partial charge >= 0.3 is 0 Å². The number of aromatic nitrogens is 2. The summed E-state index contributed by atoms with van der Waals surface area (Å²) in [6.07, 6.45) is 3.95. The van der Waals surface area contributed by atoms with Gasteiger partial charge in [0.2, 0.25) is 0 Å². The van der Waals surface area contributed by atoms with Gasteiger partial charge in [0.25, 0.3) is 0 Å². The number of para-hydroxylation sites is 2. The van der Waals surface area contributed by atoms with E-state index in [1.165, 1.54) is 0 Å². The van der Waals surface area contributed by atoms with Gasteiger partial charge in [0.1, 0.15) is 11.5 Å². The fraction of sp³-hybridized carbons (Fsp3) is 0. The maximum atomic E-state index is 4.51. The van der Waals surface area contributed by atoms with Crippen LogP contribution in [0, 0.1) is 0 Å². The van der Waals surface area contributed by atoms with E-state index in [0.29, 0.717) is 0 Å². The van der Waals surface area contributed by atoms with Gasteiger partial charge in [-0.3, -0.25) is 9.30 Å². The number of hydrogen-bond acceptors (Lipinski definition) is 2. The molecule has 0 atom stereocenters. The van der Waals surface area contributed by atoms with Gasteiger partial charge in [-0.25, -0.2) is 4.98 Å². The van der Waals surface area contributed by atoms with Crippen LogP contribution in [-0.2, 0) is 0 Å². The van der Waals surface area contributed by atoms with Crippen LogP contribution in [0.2, 0.25) is 0 Å². The van der Waals surface area contributed by atoms with E-state index in [-0.39, 0.29) is 0 Å². The Bertz CT molecular complexity index is 843. The van der Waals surface area contributed by atoms with Crippen molar-refractivity contribution >= 4 is 22.8 Å². The molecule has 0 radical (unpaired) electrons. The van der Waals surface area contributed by atoms with E-state index in [4.69, 9.17) is 0 Å². The molecule has 0 saturated carbocycles. The lowest BCUT2D eigenvalue weighted by molar-refractivity contribution is 1.12. The van der Waals surface area contributed by atoms with E-state index in [1.54, 1.807) is 0 Å². The van der Waals surface area contributed by atoms with Crippen molar-refractivity contribution in [2.45, 2.75) is 0 Å². The normalized spacial score (nSPS) is 10.7. The quantitative estimate of drug-likeness (QED) is 0.538. The number of fused-ring (bicyclic) bond motifs is 1. The third kappa shape index (κ3) is 2.13. The molecule has 4 aromatic rings. The second-order valence-corrected chi connectivity index (χ2v) is 5.05. The monoisotopic (exact) mass is 285 g/mol. The van der Waals surface area contributed by atoms with Crippen LogP contribution in [-0.4, -0.2) is 9.38 Å². The average Bonchev–Trinajstić information content (AvgIpc) is 3.01. The summed E-state index contributed by atoms with van der Waals surface area (Å²) in [5.74, 6) is 1.02. The zero-order valence-electron chi connectivity index (χ0n) is 12.0. The van der Waals surface area contributed by atoms with Crippen molar-refractivity contribution in [3.8, 4) is 0 Å². The lowest BCUT2D eigenvalue weighted by Crippen LogP contribution is -2.11. The van der Waals surface area contributed by atoms with Gasteiger partial charge in [-0.1, -0.05) is 42.5 Å². The number of benzene rings is 2. The van der Waals surface area contributed by atoms with Crippen LogP contribution in [0.5, 0.6) is 0 Å². The minimum absolute atomic E-state index is 0.939. The highest BCUT2D eigenvalue weighted by Gasteiger charge is 2.15. The van der Waals surface area contributed by atoms with Crippen LogP contribution in [0.1, 0.15) is 0 Å². The van der Waals surface area contributed by atoms with Crippen LogP contribution >= 0.6 is 0 Å². The third-order valence-electron chi connectivity index (χ3n) is 3.66. The van der Waals surface area contributed by atoms with Crippen LogP contribution in [0.4, 0.5) is 17.2 Å². The van der Waals surface area contributed by atoms with Gasteiger partial charge in [0.05, 0.1) is 6.20 Å². The van der Waals surface area contributed by atoms with Gasteiger partial charge in [-0.2, -0.15) is 0 Å². The molecule has 0 N–H and O–H groups in total. The van der Waals surface area contributed by atoms with Gasteiger partial charge in [-0.15, -0.1) is 0 Å². The molecule has 3 heteroatoms. The fourth-order valence-corrected chi connectivity index (χ4v) is 2.65. The molecule has 0 saturated heterocycles. The van der Waals surface area contributed by atoms with E-state index >= 15 is 0 Å². The minimum Gasteiger partial charge on any atom is -0.295 e. The topological polar surface area (TPSA) is 20.5 Å². The van der Waals surface area contributed by atoms with E-state index < -0.39 is 0 Å². The highest BCUT2D eigenvalue weighted by atomic mass is 15.2. The van der Waals surface area contributed by atoms with Crippen molar-refractivity contribution in [2.75, 3.05) is 4.90 Å². The molecule has 4 rings (SSSR count). The zero-order chi connectivity index (χ0) is 14.8. The molecule has 0 bridgehead atoms. The Labute approximate surface area is 129 Å². The molecule has 2 heterocycles. The number of rotatable bonds is 3. The lowest BCUT2D eigenvalue weighted by atomic mass is 10.2. The van der Waals surface area contributed by atoms with Gasteiger partial charge in [0.15, 0.2) is 0 Å². The van der Waals surface area contributed by atoms with Crippen molar-refractivity contribution < 1.29 is 0 Å². The summed E-state index contributed by atoms with van der Waals surface area (Å²) in [6, 6.07) is 26.7. The molecule has 0 aliphatic carbocycles. The Morgan fingerprint density at radius 2 is 1.27 bits per heavy atom. The van der Waals surface area contributed by atoms with Crippen molar-refractivity contribution in [1.82, 2.24) is 9.38 Å². The van der Waals surface area contributed by atoms with Crippen LogP contribution < -0.4 is 4.90 Å². The molecular weight excluding hydrogens is 270 g/mol. The smallest absolute Gasteiger partial charge is 0.142 e. The number of hydrogen-bond donors (Lipinski definition) is 0. The summed E-state index contributed by atoms with van der Waals surface area (Å²) >= 11 is 0. The summed E-state index contributed by atoms with van der Waals surface area (Å²) in [7, 11) is 0. The molecule has 0 spiro atoms. The Morgan fingerprint density at radius 3 is 1.91 bits per heavy atom. The van der Waals surface area contributed by atoms with E-state index in [9.17, 15) is 0 Å². The highest BCUT2D eigenvalue weighted by Crippen LogP contribution is 2.34. The largest absolute Gasteiger partial charge is 0.295 e. The number of pyridine rings is 1. The maximum absolute atomic E-state index is 4.51. The molecule has 2 aromatic heterocycles. The third-order valence-corrected chi connectivity index (χ3v) is 3.66. The van der Waals surface area contributed by atoms with Crippen LogP contribution in [0.15, 0.2) is 91.3 Å². The molecule has 0 aliphatic rings. The molecule has 106 valence electrons. The summed E-state index contributed by atoms with van der Waals surface area (Å²) in [5, 5.41) is 0. The fourth-order valence-electron chi connectivity index (χ4n) is 2.65. The van der Waals surface area contributed by atoms with E-state index in [1.807, 2.05) is 42.7 Å². The van der Waals surface area contributed by atoms with Gasteiger partial charge in [0, 0.05) is 17.6 Å². The Morgan fingerprint density at radius 1 is 0.682 bits per heavy atom. The first-order valence-corrected chi connectivity index (χ1v) is 7.26. The molecule has 0 unspecified atom stereocenters. The van der Waals surface area contributed by atoms with Crippen LogP contribution in [0.3, 0.4) is 0 Å². The Hall–Kier alpha value is -3.07. The van der Waals surface area contributed by atoms with Crippen molar-refractivity contribution in [3.63, 3.8) is 0 Å². The molecule has 0 amide bonds. The van der Waals surface area contributed by atoms with Crippen molar-refractivity contribution in [1.29, 1.82) is 0 Å². The Balaban J connectivity index is 1.95. The van der Waals surface area contributed by atoms with Crippen molar-refractivity contribution in [2.24, 2.45) is 0 Å². The maximum Gasteiger partial charge on any atom is 0.142 e. The minimum atomic E-state index is 0.939. The molecule has 0 fully saturated rings. The average molecular weight is 285 g/mol. The predicted octanol–water partition coefficient (Wildman–Crippen LogP) is 4.80. The van der Waals surface area contributed by atoms with Crippen molar-refractivity contribution in [3.05, 3.63) is 91.3 Å². The Kier molecular flexibility index (Phi) is 3.09. The zero-order valence-corrected chi connectivity index (χ0v) is 12.0. The first-order valence-electron chi connectivity index (χ1n) is 7.26. The van der Waals surface area contributed by atoms with E-state index in [0.717, 1.165) is 22.8 Å². The lowest BCUT2D eigenvalue weighted by Gasteiger charge is -2.24. The molecule has 0 aliphatic heterocycles. The summed E-state index contributed by atoms with van der Waals surface area (Å²) in [5.41, 5.74) is 3.16. The van der Waals surface area contributed by atoms with Gasteiger partial charge < -0.3 is 0 Å². The second kappa shape index (κ2) is 5.37. The predicted molar refractivity (Wildman–Crippen MR) is 89.9 cm³/mol. The van der Waals surface area contributed by atoms with E-state index in [2.05, 4.69) is 62.8 Å². The molecule has 22 heavy (non-hydrogen) atoms. The second-order valence-electron chi connectivity index (χ2n) is 5.05. The van der Waals surface area contributed by atoms with Crippen LogP contribution in [0.25, 0.3) is 5.65 Å². The highest BCUT2D eigenvalue weighted by molar-refractivity contribution is 5.75. The SMILES string of the molecule is c1ccc(N(c2ccccc2)c2cnc3ccccn23)cc1. The molecule has 2 aromatic carbocycles. The summed E-state index contributed by atoms with van der Waals surface area (Å²) in [6.45, 7) is 0. The summed E-state index contributed by atoms with van der Waals surface area (Å²) in [4.78, 5) is 6.72.